The second-order valence-electron chi connectivity index (χ2n) is 4.79. The molecule has 3 atom stereocenters. The molecule has 2 aliphatic carbocycles. The van der Waals surface area contributed by atoms with E-state index in [4.69, 9.17) is 10.5 Å². The SMILES string of the molecule is C/C1=C/CC[C@@H]2C(COC(N)=O)[C@@H]2CC1. The van der Waals surface area contributed by atoms with Crippen LogP contribution >= 0.6 is 0 Å². The van der Waals surface area contributed by atoms with Crippen molar-refractivity contribution in [2.75, 3.05) is 6.61 Å². The number of carbonyl (C=O) groups excluding carboxylic acids is 1. The highest BCUT2D eigenvalue weighted by atomic mass is 16.5. The molecule has 0 radical (unpaired) electrons. The van der Waals surface area contributed by atoms with E-state index in [2.05, 4.69) is 13.0 Å². The molecule has 84 valence electrons. The Morgan fingerprint density at radius 1 is 1.53 bits per heavy atom. The molecule has 0 aromatic heterocycles. The van der Waals surface area contributed by atoms with Crippen LogP contribution < -0.4 is 5.73 Å². The molecular formula is C12H19NO2. The molecule has 0 heterocycles. The lowest BCUT2D eigenvalue weighted by Gasteiger charge is -2.05. The number of hydrogen-bond donors (Lipinski definition) is 1. The largest absolute Gasteiger partial charge is 0.449 e. The first-order valence-electron chi connectivity index (χ1n) is 5.76. The van der Waals surface area contributed by atoms with Crippen LogP contribution in [0.25, 0.3) is 0 Å². The molecule has 0 saturated heterocycles. The first-order valence-corrected chi connectivity index (χ1v) is 5.76. The summed E-state index contributed by atoms with van der Waals surface area (Å²) in [5, 5.41) is 0. The van der Waals surface area contributed by atoms with Crippen LogP contribution in [-0.4, -0.2) is 12.7 Å². The van der Waals surface area contributed by atoms with Gasteiger partial charge in [-0.25, -0.2) is 4.79 Å². The maximum absolute atomic E-state index is 10.5. The van der Waals surface area contributed by atoms with Crippen LogP contribution in [-0.2, 0) is 4.74 Å². The van der Waals surface area contributed by atoms with Gasteiger partial charge in [-0.2, -0.15) is 0 Å². The van der Waals surface area contributed by atoms with Crippen LogP contribution in [0.1, 0.15) is 32.6 Å². The van der Waals surface area contributed by atoms with E-state index in [9.17, 15) is 4.79 Å². The molecule has 2 N–H and O–H groups in total. The molecule has 0 bridgehead atoms. The minimum atomic E-state index is -0.636. The summed E-state index contributed by atoms with van der Waals surface area (Å²) in [4.78, 5) is 10.5. The molecule has 2 aliphatic rings. The summed E-state index contributed by atoms with van der Waals surface area (Å²) in [5.74, 6) is 2.12. The molecule has 0 aromatic carbocycles. The van der Waals surface area contributed by atoms with Crippen LogP contribution in [0.5, 0.6) is 0 Å². The molecule has 0 spiro atoms. The highest BCUT2D eigenvalue weighted by molar-refractivity contribution is 5.64. The Hall–Kier alpha value is -0.990. The van der Waals surface area contributed by atoms with Gasteiger partial charge in [0.1, 0.15) is 0 Å². The van der Waals surface area contributed by atoms with Crippen LogP contribution in [0.15, 0.2) is 11.6 Å². The van der Waals surface area contributed by atoms with E-state index in [1.54, 1.807) is 0 Å². The predicted molar refractivity (Wildman–Crippen MR) is 58.2 cm³/mol. The molecule has 1 unspecified atom stereocenters. The number of fused-ring (bicyclic) bond motifs is 1. The first-order chi connectivity index (χ1) is 7.18. The van der Waals surface area contributed by atoms with Crippen LogP contribution in [0.3, 0.4) is 0 Å². The number of carbonyl (C=O) groups is 1. The second kappa shape index (κ2) is 4.25. The van der Waals surface area contributed by atoms with E-state index < -0.39 is 6.09 Å². The van der Waals surface area contributed by atoms with E-state index in [1.807, 2.05) is 0 Å². The molecule has 15 heavy (non-hydrogen) atoms. The van der Waals surface area contributed by atoms with Crippen molar-refractivity contribution in [2.24, 2.45) is 23.5 Å². The Kier molecular flexibility index (Phi) is 2.98. The fourth-order valence-corrected chi connectivity index (χ4v) is 2.82. The Morgan fingerprint density at radius 3 is 3.00 bits per heavy atom. The van der Waals surface area contributed by atoms with Gasteiger partial charge >= 0.3 is 6.09 Å². The van der Waals surface area contributed by atoms with Gasteiger partial charge in [-0.05, 0) is 50.4 Å². The second-order valence-corrected chi connectivity index (χ2v) is 4.79. The lowest BCUT2D eigenvalue weighted by atomic mass is 10.0. The minimum Gasteiger partial charge on any atom is -0.449 e. The van der Waals surface area contributed by atoms with E-state index in [0.717, 1.165) is 11.8 Å². The van der Waals surface area contributed by atoms with Crippen LogP contribution in [0, 0.1) is 17.8 Å². The van der Waals surface area contributed by atoms with Gasteiger partial charge in [0.25, 0.3) is 0 Å². The lowest BCUT2D eigenvalue weighted by Crippen LogP contribution is -2.15. The summed E-state index contributed by atoms with van der Waals surface area (Å²) in [7, 11) is 0. The fraction of sp³-hybridized carbons (Fsp3) is 0.750. The monoisotopic (exact) mass is 209 g/mol. The lowest BCUT2D eigenvalue weighted by molar-refractivity contribution is 0.147. The standard InChI is InChI=1S/C12H19NO2/c1-8-3-2-4-9-10(6-5-8)11(9)7-15-12(13)14/h3,9-11H,2,4-7H2,1H3,(H2,13,14)/b8-3-/t9-,10+,11?/m0/s1. The summed E-state index contributed by atoms with van der Waals surface area (Å²) in [5.41, 5.74) is 6.48. The van der Waals surface area contributed by atoms with Crippen molar-refractivity contribution in [3.05, 3.63) is 11.6 Å². The van der Waals surface area contributed by atoms with Gasteiger partial charge in [-0.1, -0.05) is 11.6 Å². The van der Waals surface area contributed by atoms with Gasteiger partial charge in [0.05, 0.1) is 6.61 Å². The molecule has 1 saturated carbocycles. The number of primary amides is 1. The van der Waals surface area contributed by atoms with Crippen molar-refractivity contribution in [3.8, 4) is 0 Å². The number of hydrogen-bond acceptors (Lipinski definition) is 2. The molecule has 1 amide bonds. The Morgan fingerprint density at radius 2 is 2.27 bits per heavy atom. The van der Waals surface area contributed by atoms with Crippen molar-refractivity contribution >= 4 is 6.09 Å². The molecular weight excluding hydrogens is 190 g/mol. The van der Waals surface area contributed by atoms with Crippen molar-refractivity contribution in [1.82, 2.24) is 0 Å². The van der Waals surface area contributed by atoms with Gasteiger partial charge in [0.2, 0.25) is 0 Å². The smallest absolute Gasteiger partial charge is 0.404 e. The maximum atomic E-state index is 10.5. The average Bonchev–Trinajstić information content (AvgIpc) is 2.80. The van der Waals surface area contributed by atoms with Gasteiger partial charge in [-0.15, -0.1) is 0 Å². The summed E-state index contributed by atoms with van der Waals surface area (Å²) in [6.45, 7) is 2.74. The third-order valence-corrected chi connectivity index (χ3v) is 3.79. The van der Waals surface area contributed by atoms with Gasteiger partial charge in [-0.3, -0.25) is 0 Å². The number of amides is 1. The summed E-state index contributed by atoms with van der Waals surface area (Å²) < 4.78 is 4.89. The van der Waals surface area contributed by atoms with Gasteiger partial charge < -0.3 is 10.5 Å². The highest BCUT2D eigenvalue weighted by Crippen LogP contribution is 2.53. The highest BCUT2D eigenvalue weighted by Gasteiger charge is 2.49. The van der Waals surface area contributed by atoms with Crippen LogP contribution in [0.4, 0.5) is 4.79 Å². The van der Waals surface area contributed by atoms with Gasteiger partial charge in [0.15, 0.2) is 0 Å². The Balaban J connectivity index is 1.81. The summed E-state index contributed by atoms with van der Waals surface area (Å²) in [6, 6.07) is 0. The first kappa shape index (κ1) is 10.5. The van der Waals surface area contributed by atoms with Gasteiger partial charge in [0, 0.05) is 0 Å². The van der Waals surface area contributed by atoms with Crippen molar-refractivity contribution < 1.29 is 9.53 Å². The molecule has 3 nitrogen and oxygen atoms in total. The number of allylic oxidation sites excluding steroid dienone is 2. The fourth-order valence-electron chi connectivity index (χ4n) is 2.82. The molecule has 0 aliphatic heterocycles. The third-order valence-electron chi connectivity index (χ3n) is 3.79. The average molecular weight is 209 g/mol. The maximum Gasteiger partial charge on any atom is 0.404 e. The predicted octanol–water partition coefficient (Wildman–Crippen LogP) is 2.46. The minimum absolute atomic E-state index is 0.531. The quantitative estimate of drug-likeness (QED) is 0.710. The zero-order valence-corrected chi connectivity index (χ0v) is 9.24. The summed E-state index contributed by atoms with van der Waals surface area (Å²) >= 11 is 0. The van der Waals surface area contributed by atoms with Crippen molar-refractivity contribution in [3.63, 3.8) is 0 Å². The molecule has 1 fully saturated rings. The van der Waals surface area contributed by atoms with E-state index in [-0.39, 0.29) is 0 Å². The van der Waals surface area contributed by atoms with E-state index in [0.29, 0.717) is 12.5 Å². The normalized spacial score (nSPS) is 37.9. The van der Waals surface area contributed by atoms with E-state index >= 15 is 0 Å². The Bertz CT molecular complexity index is 285. The van der Waals surface area contributed by atoms with Crippen molar-refractivity contribution in [1.29, 1.82) is 0 Å². The molecule has 0 aromatic rings. The third kappa shape index (κ3) is 2.52. The zero-order valence-electron chi connectivity index (χ0n) is 9.24. The number of rotatable bonds is 2. The Labute approximate surface area is 90.7 Å². The van der Waals surface area contributed by atoms with Crippen LogP contribution in [0.2, 0.25) is 0 Å². The molecule has 3 heteroatoms. The summed E-state index contributed by atoms with van der Waals surface area (Å²) in [6.07, 6.45) is 6.59. The van der Waals surface area contributed by atoms with Crippen molar-refractivity contribution in [2.45, 2.75) is 32.6 Å². The zero-order chi connectivity index (χ0) is 10.8. The topological polar surface area (TPSA) is 52.3 Å². The van der Waals surface area contributed by atoms with E-state index in [1.165, 1.54) is 31.3 Å². The molecule has 2 rings (SSSR count). The number of ether oxygens (including phenoxy) is 1. The number of nitrogens with two attached hydrogens (primary N) is 1.